The number of hydrogen-bond donors (Lipinski definition) is 1. The van der Waals surface area contributed by atoms with Crippen molar-refractivity contribution in [3.8, 4) is 0 Å². The van der Waals surface area contributed by atoms with Crippen molar-refractivity contribution in [3.63, 3.8) is 0 Å². The Balaban J connectivity index is 1.95. The number of aliphatic imine (C=N–C) groups is 1. The van der Waals surface area contributed by atoms with E-state index in [0.29, 0.717) is 17.3 Å². The van der Waals surface area contributed by atoms with Crippen LogP contribution < -0.4 is 5.32 Å². The van der Waals surface area contributed by atoms with E-state index in [-0.39, 0.29) is 5.91 Å². The van der Waals surface area contributed by atoms with Crippen LogP contribution in [0.2, 0.25) is 0 Å². The number of nitrogens with zero attached hydrogens (tertiary/aromatic N) is 1. The molecule has 1 amide bonds. The van der Waals surface area contributed by atoms with Gasteiger partial charge in [-0.1, -0.05) is 28.1 Å². The average molecular weight is 317 g/mol. The summed E-state index contributed by atoms with van der Waals surface area (Å²) in [6.45, 7) is 0. The molecule has 2 heterocycles. The Morgan fingerprint density at radius 3 is 2.89 bits per heavy atom. The summed E-state index contributed by atoms with van der Waals surface area (Å²) >= 11 is 3.39. The van der Waals surface area contributed by atoms with E-state index in [4.69, 9.17) is 4.42 Å². The molecule has 0 bridgehead atoms. The Bertz CT molecular complexity index is 687. The van der Waals surface area contributed by atoms with Crippen LogP contribution in [0.3, 0.4) is 0 Å². The molecule has 1 N–H and O–H groups in total. The van der Waals surface area contributed by atoms with Gasteiger partial charge in [-0.05, 0) is 24.3 Å². The summed E-state index contributed by atoms with van der Waals surface area (Å²) in [6.07, 6.45) is 3.17. The monoisotopic (exact) mass is 316 g/mol. The lowest BCUT2D eigenvalue weighted by atomic mass is 10.2. The molecule has 3 rings (SSSR count). The van der Waals surface area contributed by atoms with Crippen molar-refractivity contribution in [2.24, 2.45) is 4.99 Å². The molecule has 19 heavy (non-hydrogen) atoms. The predicted octanol–water partition coefficient (Wildman–Crippen LogP) is 2.96. The summed E-state index contributed by atoms with van der Waals surface area (Å²) in [7, 11) is 0. The van der Waals surface area contributed by atoms with Gasteiger partial charge in [0.25, 0.3) is 5.91 Å². The minimum Gasteiger partial charge on any atom is -0.465 e. The van der Waals surface area contributed by atoms with Gasteiger partial charge in [0.15, 0.2) is 0 Å². The summed E-state index contributed by atoms with van der Waals surface area (Å²) in [4.78, 5) is 16.1. The maximum Gasteiger partial charge on any atom is 0.275 e. The van der Waals surface area contributed by atoms with Crippen LogP contribution in [-0.2, 0) is 4.79 Å². The fraction of sp³-hybridized carbons (Fsp3) is 0. The summed E-state index contributed by atoms with van der Waals surface area (Å²) in [6, 6.07) is 11.1. The normalized spacial score (nSPS) is 16.6. The zero-order valence-electron chi connectivity index (χ0n) is 9.76. The second-order valence-electron chi connectivity index (χ2n) is 3.97. The van der Waals surface area contributed by atoms with Crippen LogP contribution >= 0.6 is 15.9 Å². The molecule has 4 nitrogen and oxygen atoms in total. The number of rotatable bonds is 2. The smallest absolute Gasteiger partial charge is 0.275 e. The maximum absolute atomic E-state index is 11.8. The second-order valence-corrected chi connectivity index (χ2v) is 4.89. The highest BCUT2D eigenvalue weighted by Crippen LogP contribution is 2.17. The predicted molar refractivity (Wildman–Crippen MR) is 75.5 cm³/mol. The van der Waals surface area contributed by atoms with Crippen LogP contribution in [0.25, 0.3) is 6.08 Å². The largest absolute Gasteiger partial charge is 0.465 e. The van der Waals surface area contributed by atoms with Crippen molar-refractivity contribution in [2.75, 3.05) is 0 Å². The molecule has 0 saturated carbocycles. The topological polar surface area (TPSA) is 54.6 Å². The lowest BCUT2D eigenvalue weighted by molar-refractivity contribution is -0.115. The minimum absolute atomic E-state index is 0.230. The first-order valence-corrected chi connectivity index (χ1v) is 6.43. The molecule has 0 saturated heterocycles. The molecule has 5 heteroatoms. The Kier molecular flexibility index (Phi) is 3.05. The number of carbonyl (C=O) groups is 1. The lowest BCUT2D eigenvalue weighted by Gasteiger charge is -2.00. The van der Waals surface area contributed by atoms with Crippen LogP contribution in [-0.4, -0.2) is 11.7 Å². The summed E-state index contributed by atoms with van der Waals surface area (Å²) in [5, 5.41) is 2.74. The zero-order chi connectivity index (χ0) is 13.2. The number of hydrogen-bond acceptors (Lipinski definition) is 3. The molecule has 1 aromatic carbocycles. The lowest BCUT2D eigenvalue weighted by Crippen LogP contribution is -2.24. The first kappa shape index (κ1) is 11.9. The number of furan rings is 1. The molecular weight excluding hydrogens is 308 g/mol. The molecule has 0 radical (unpaired) electrons. The fourth-order valence-electron chi connectivity index (χ4n) is 1.75. The number of carbonyl (C=O) groups excluding carboxylic acids is 1. The third kappa shape index (κ3) is 2.51. The number of amides is 1. The number of nitrogens with one attached hydrogen (secondary N) is 1. The van der Waals surface area contributed by atoms with Crippen molar-refractivity contribution in [1.29, 1.82) is 0 Å². The van der Waals surface area contributed by atoms with Gasteiger partial charge in [-0.3, -0.25) is 4.79 Å². The van der Waals surface area contributed by atoms with Crippen LogP contribution in [0.5, 0.6) is 0 Å². The van der Waals surface area contributed by atoms with E-state index in [0.717, 1.165) is 10.0 Å². The summed E-state index contributed by atoms with van der Waals surface area (Å²) in [5.41, 5.74) is 1.19. The van der Waals surface area contributed by atoms with Crippen LogP contribution in [0.4, 0.5) is 0 Å². The van der Waals surface area contributed by atoms with Crippen LogP contribution in [0.1, 0.15) is 11.3 Å². The Labute approximate surface area is 118 Å². The molecule has 0 fully saturated rings. The van der Waals surface area contributed by atoms with E-state index in [9.17, 15) is 4.79 Å². The third-order valence-electron chi connectivity index (χ3n) is 2.62. The minimum atomic E-state index is -0.230. The zero-order valence-corrected chi connectivity index (χ0v) is 11.3. The molecule has 0 spiro atoms. The molecule has 0 aliphatic carbocycles. The van der Waals surface area contributed by atoms with E-state index in [1.54, 1.807) is 24.5 Å². The maximum atomic E-state index is 11.8. The molecule has 1 aliphatic rings. The number of benzene rings is 1. The Hall–Kier alpha value is -2.14. The van der Waals surface area contributed by atoms with Gasteiger partial charge in [0, 0.05) is 16.1 Å². The highest BCUT2D eigenvalue weighted by molar-refractivity contribution is 9.10. The highest BCUT2D eigenvalue weighted by Gasteiger charge is 2.21. The highest BCUT2D eigenvalue weighted by atomic mass is 79.9. The summed E-state index contributed by atoms with van der Waals surface area (Å²) < 4.78 is 6.11. The van der Waals surface area contributed by atoms with Gasteiger partial charge in [-0.2, -0.15) is 0 Å². The van der Waals surface area contributed by atoms with Crippen LogP contribution in [0.15, 0.2) is 62.2 Å². The average Bonchev–Trinajstić information content (AvgIpc) is 3.01. The molecule has 2 aromatic rings. The van der Waals surface area contributed by atoms with E-state index < -0.39 is 0 Å². The molecule has 94 valence electrons. The van der Waals surface area contributed by atoms with Gasteiger partial charge >= 0.3 is 0 Å². The molecule has 1 aromatic heterocycles. The van der Waals surface area contributed by atoms with E-state index in [2.05, 4.69) is 26.2 Å². The van der Waals surface area contributed by atoms with Crippen molar-refractivity contribution in [3.05, 3.63) is 64.2 Å². The van der Waals surface area contributed by atoms with E-state index >= 15 is 0 Å². The van der Waals surface area contributed by atoms with Crippen molar-refractivity contribution >= 4 is 33.7 Å². The quantitative estimate of drug-likeness (QED) is 0.866. The van der Waals surface area contributed by atoms with Crippen molar-refractivity contribution in [1.82, 2.24) is 5.32 Å². The molecule has 1 aliphatic heterocycles. The van der Waals surface area contributed by atoms with Gasteiger partial charge in [0.1, 0.15) is 17.3 Å². The first-order valence-electron chi connectivity index (χ1n) is 5.63. The van der Waals surface area contributed by atoms with Gasteiger partial charge < -0.3 is 9.73 Å². The number of halogens is 1. The van der Waals surface area contributed by atoms with Crippen LogP contribution in [0, 0.1) is 0 Å². The van der Waals surface area contributed by atoms with E-state index in [1.165, 1.54) is 0 Å². The first-order chi connectivity index (χ1) is 9.22. The van der Waals surface area contributed by atoms with Crippen molar-refractivity contribution < 1.29 is 9.21 Å². The molecule has 0 atom stereocenters. The molecular formula is C14H9BrN2O2. The Morgan fingerprint density at radius 1 is 1.26 bits per heavy atom. The van der Waals surface area contributed by atoms with Gasteiger partial charge in [-0.25, -0.2) is 4.99 Å². The third-order valence-corrected chi connectivity index (χ3v) is 3.11. The van der Waals surface area contributed by atoms with Gasteiger partial charge in [-0.15, -0.1) is 0 Å². The molecule has 0 unspecified atom stereocenters. The summed E-state index contributed by atoms with van der Waals surface area (Å²) in [5.74, 6) is 0.917. The Morgan fingerprint density at radius 2 is 2.16 bits per heavy atom. The van der Waals surface area contributed by atoms with Gasteiger partial charge in [0.2, 0.25) is 0 Å². The van der Waals surface area contributed by atoms with Crippen molar-refractivity contribution in [2.45, 2.75) is 0 Å². The second kappa shape index (κ2) is 4.85. The SMILES string of the molecule is O=C1NC(c2cccc(Br)c2)=N/C1=C/c1ccco1. The fourth-order valence-corrected chi connectivity index (χ4v) is 2.15. The van der Waals surface area contributed by atoms with Gasteiger partial charge in [0.05, 0.1) is 6.26 Å². The number of amidine groups is 1. The van der Waals surface area contributed by atoms with E-state index in [1.807, 2.05) is 24.3 Å². The standard InChI is InChI=1S/C14H9BrN2O2/c15-10-4-1-3-9(7-10)13-16-12(14(18)17-13)8-11-5-2-6-19-11/h1-8H,(H,16,17,18)/b12-8+.